The van der Waals surface area contributed by atoms with Gasteiger partial charge in [0.15, 0.2) is 5.69 Å². The van der Waals surface area contributed by atoms with Crippen LogP contribution in [0.15, 0.2) is 54.7 Å². The molecule has 10 heteroatoms. The van der Waals surface area contributed by atoms with Gasteiger partial charge in [-0.25, -0.2) is 4.79 Å². The van der Waals surface area contributed by atoms with E-state index in [-0.39, 0.29) is 29.4 Å². The summed E-state index contributed by atoms with van der Waals surface area (Å²) in [5, 5.41) is 26.4. The standard InChI is InChI=1S/C19H16N4O6/c1-12-3-2-4-15(7-12)29-16-9-13(8-14(10-16)23(27)28)20-18(24)11-22-6-5-17(21-22)19(25)26/h2-10H,11H2,1H3,(H,20,24)(H,25,26). The number of carboxylic acids is 1. The van der Waals surface area contributed by atoms with E-state index in [4.69, 9.17) is 9.84 Å². The number of nitro benzene ring substituents is 1. The van der Waals surface area contributed by atoms with Crippen molar-refractivity contribution < 1.29 is 24.4 Å². The first-order valence-electron chi connectivity index (χ1n) is 8.41. The van der Waals surface area contributed by atoms with Gasteiger partial charge in [-0.3, -0.25) is 19.6 Å². The van der Waals surface area contributed by atoms with Crippen LogP contribution >= 0.6 is 0 Å². The maximum absolute atomic E-state index is 12.2. The Balaban J connectivity index is 1.78. The van der Waals surface area contributed by atoms with Gasteiger partial charge in [-0.15, -0.1) is 0 Å². The summed E-state index contributed by atoms with van der Waals surface area (Å²) >= 11 is 0. The number of aromatic carboxylic acids is 1. The van der Waals surface area contributed by atoms with Gasteiger partial charge >= 0.3 is 5.97 Å². The fourth-order valence-corrected chi connectivity index (χ4v) is 2.55. The monoisotopic (exact) mass is 396 g/mol. The van der Waals surface area contributed by atoms with Crippen molar-refractivity contribution in [2.45, 2.75) is 13.5 Å². The van der Waals surface area contributed by atoms with Gasteiger partial charge in [-0.1, -0.05) is 12.1 Å². The number of carbonyl (C=O) groups is 2. The second-order valence-electron chi connectivity index (χ2n) is 6.14. The van der Waals surface area contributed by atoms with E-state index in [2.05, 4.69) is 10.4 Å². The zero-order valence-electron chi connectivity index (χ0n) is 15.2. The lowest BCUT2D eigenvalue weighted by Crippen LogP contribution is -2.19. The summed E-state index contributed by atoms with van der Waals surface area (Å²) in [5.74, 6) is -1.05. The van der Waals surface area contributed by atoms with Crippen molar-refractivity contribution >= 4 is 23.3 Å². The van der Waals surface area contributed by atoms with Crippen LogP contribution in [0.5, 0.6) is 11.5 Å². The molecular weight excluding hydrogens is 380 g/mol. The second kappa shape index (κ2) is 8.21. The van der Waals surface area contributed by atoms with Crippen LogP contribution in [0.1, 0.15) is 16.1 Å². The van der Waals surface area contributed by atoms with Gasteiger partial charge in [0.1, 0.15) is 18.0 Å². The average Bonchev–Trinajstić information content (AvgIpc) is 3.10. The zero-order chi connectivity index (χ0) is 21.0. The largest absolute Gasteiger partial charge is 0.476 e. The van der Waals surface area contributed by atoms with E-state index in [0.29, 0.717) is 5.75 Å². The number of nitrogens with zero attached hydrogens (tertiary/aromatic N) is 3. The summed E-state index contributed by atoms with van der Waals surface area (Å²) in [5.41, 5.74) is 0.679. The first kappa shape index (κ1) is 19.5. The summed E-state index contributed by atoms with van der Waals surface area (Å²) in [7, 11) is 0. The number of rotatable bonds is 7. The predicted octanol–water partition coefficient (Wildman–Crippen LogP) is 3.23. The van der Waals surface area contributed by atoms with Gasteiger partial charge in [-0.05, 0) is 30.7 Å². The lowest BCUT2D eigenvalue weighted by atomic mass is 10.2. The number of ether oxygens (including phenoxy) is 1. The Hall–Kier alpha value is -4.21. The third kappa shape index (κ3) is 5.16. The maximum atomic E-state index is 12.2. The quantitative estimate of drug-likeness (QED) is 0.462. The molecule has 0 unspecified atom stereocenters. The molecule has 29 heavy (non-hydrogen) atoms. The topological polar surface area (TPSA) is 137 Å². The second-order valence-corrected chi connectivity index (χ2v) is 6.14. The summed E-state index contributed by atoms with van der Waals surface area (Å²) in [4.78, 5) is 33.7. The van der Waals surface area contributed by atoms with E-state index in [9.17, 15) is 19.7 Å². The maximum Gasteiger partial charge on any atom is 0.356 e. The van der Waals surface area contributed by atoms with Gasteiger partial charge < -0.3 is 15.2 Å². The number of nitrogens with one attached hydrogen (secondary N) is 1. The number of hydrogen-bond acceptors (Lipinski definition) is 6. The molecule has 1 amide bonds. The Kier molecular flexibility index (Phi) is 5.54. The van der Waals surface area contributed by atoms with E-state index >= 15 is 0 Å². The van der Waals surface area contributed by atoms with Crippen molar-refractivity contribution in [1.29, 1.82) is 0 Å². The van der Waals surface area contributed by atoms with Gasteiger partial charge in [0.2, 0.25) is 5.91 Å². The molecule has 2 aromatic carbocycles. The molecule has 0 aliphatic rings. The molecule has 148 valence electrons. The molecule has 3 aromatic rings. The fraction of sp³-hybridized carbons (Fsp3) is 0.105. The third-order valence-electron chi connectivity index (χ3n) is 3.78. The molecule has 3 rings (SSSR count). The highest BCUT2D eigenvalue weighted by Crippen LogP contribution is 2.30. The minimum absolute atomic E-state index is 0.164. The Morgan fingerprint density at radius 3 is 2.66 bits per heavy atom. The third-order valence-corrected chi connectivity index (χ3v) is 3.78. The first-order valence-corrected chi connectivity index (χ1v) is 8.41. The number of nitro groups is 1. The van der Waals surface area contributed by atoms with E-state index in [1.165, 1.54) is 30.5 Å². The van der Waals surface area contributed by atoms with Gasteiger partial charge in [0.25, 0.3) is 5.69 Å². The van der Waals surface area contributed by atoms with Crippen molar-refractivity contribution in [1.82, 2.24) is 9.78 Å². The number of aryl methyl sites for hydroxylation is 1. The molecule has 0 atom stereocenters. The van der Waals surface area contributed by atoms with Gasteiger partial charge in [0.05, 0.1) is 16.7 Å². The van der Waals surface area contributed by atoms with Crippen LogP contribution in [0.25, 0.3) is 0 Å². The van der Waals surface area contributed by atoms with Crippen molar-refractivity contribution in [3.63, 3.8) is 0 Å². The summed E-state index contributed by atoms with van der Waals surface area (Å²) < 4.78 is 6.83. The Morgan fingerprint density at radius 2 is 2.00 bits per heavy atom. The lowest BCUT2D eigenvalue weighted by molar-refractivity contribution is -0.384. The molecule has 0 aliphatic heterocycles. The number of anilines is 1. The molecule has 1 aromatic heterocycles. The van der Waals surface area contributed by atoms with Crippen molar-refractivity contribution in [3.8, 4) is 11.5 Å². The highest BCUT2D eigenvalue weighted by molar-refractivity contribution is 5.91. The average molecular weight is 396 g/mol. The Bertz CT molecular complexity index is 1090. The number of carbonyl (C=O) groups excluding carboxylic acids is 1. The number of carboxylic acid groups (broad SMARTS) is 1. The lowest BCUT2D eigenvalue weighted by Gasteiger charge is -2.10. The highest BCUT2D eigenvalue weighted by Gasteiger charge is 2.14. The zero-order valence-corrected chi connectivity index (χ0v) is 15.2. The van der Waals surface area contributed by atoms with E-state index < -0.39 is 16.8 Å². The predicted molar refractivity (Wildman–Crippen MR) is 102 cm³/mol. The van der Waals surface area contributed by atoms with E-state index in [1.807, 2.05) is 13.0 Å². The van der Waals surface area contributed by atoms with Crippen molar-refractivity contribution in [2.24, 2.45) is 0 Å². The van der Waals surface area contributed by atoms with Crippen molar-refractivity contribution in [2.75, 3.05) is 5.32 Å². The van der Waals surface area contributed by atoms with Crippen LogP contribution < -0.4 is 10.1 Å². The molecule has 0 spiro atoms. The van der Waals surface area contributed by atoms with Crippen LogP contribution in [0.3, 0.4) is 0 Å². The van der Waals surface area contributed by atoms with E-state index in [0.717, 1.165) is 10.2 Å². The molecule has 0 fully saturated rings. The van der Waals surface area contributed by atoms with Crippen molar-refractivity contribution in [3.05, 3.63) is 76.1 Å². The van der Waals surface area contributed by atoms with Gasteiger partial charge in [0, 0.05) is 18.3 Å². The molecule has 1 heterocycles. The number of hydrogen-bond donors (Lipinski definition) is 2. The number of amides is 1. The smallest absolute Gasteiger partial charge is 0.356 e. The van der Waals surface area contributed by atoms with E-state index in [1.54, 1.807) is 18.2 Å². The molecule has 2 N–H and O–H groups in total. The summed E-state index contributed by atoms with van der Waals surface area (Å²) in [6.07, 6.45) is 1.35. The molecule has 0 radical (unpaired) electrons. The van der Waals surface area contributed by atoms with Crippen LogP contribution in [-0.2, 0) is 11.3 Å². The van der Waals surface area contributed by atoms with Crippen LogP contribution in [0.2, 0.25) is 0 Å². The fourth-order valence-electron chi connectivity index (χ4n) is 2.55. The molecular formula is C19H16N4O6. The number of non-ortho nitro benzene ring substituents is 1. The summed E-state index contributed by atoms with van der Waals surface area (Å²) in [6.45, 7) is 1.63. The SMILES string of the molecule is Cc1cccc(Oc2cc(NC(=O)Cn3ccc(C(=O)O)n3)cc([N+](=O)[O-])c2)c1. The minimum atomic E-state index is -1.21. The summed E-state index contributed by atoms with van der Waals surface area (Å²) in [6, 6.07) is 12.3. The minimum Gasteiger partial charge on any atom is -0.476 e. The normalized spacial score (nSPS) is 10.4. The Morgan fingerprint density at radius 1 is 1.21 bits per heavy atom. The Labute approximate surface area is 164 Å². The molecule has 10 nitrogen and oxygen atoms in total. The van der Waals surface area contributed by atoms with Crippen LogP contribution in [0.4, 0.5) is 11.4 Å². The van der Waals surface area contributed by atoms with Crippen LogP contribution in [0, 0.1) is 17.0 Å². The molecule has 0 aliphatic carbocycles. The molecule has 0 saturated heterocycles. The number of aromatic nitrogens is 2. The van der Waals surface area contributed by atoms with Crippen LogP contribution in [-0.4, -0.2) is 31.7 Å². The number of benzene rings is 2. The molecule has 0 bridgehead atoms. The highest BCUT2D eigenvalue weighted by atomic mass is 16.6. The molecule has 0 saturated carbocycles. The first-order chi connectivity index (χ1) is 13.8. The van der Waals surface area contributed by atoms with Gasteiger partial charge in [-0.2, -0.15) is 5.10 Å².